The molecule has 0 amide bonds. The van der Waals surface area contributed by atoms with Crippen LogP contribution in [0, 0.1) is 6.92 Å². The summed E-state index contributed by atoms with van der Waals surface area (Å²) < 4.78 is 0. The summed E-state index contributed by atoms with van der Waals surface area (Å²) in [6, 6.07) is 6.42. The van der Waals surface area contributed by atoms with Crippen molar-refractivity contribution >= 4 is 17.3 Å². The molecule has 0 fully saturated rings. The molecule has 0 saturated carbocycles. The molecule has 0 aliphatic heterocycles. The van der Waals surface area contributed by atoms with Crippen molar-refractivity contribution in [2.45, 2.75) is 25.9 Å². The number of rotatable bonds is 7. The number of nitrogens with zero attached hydrogens (tertiary/aromatic N) is 4. The molecular weight excluding hydrogens is 330 g/mol. The minimum absolute atomic E-state index is 0.157. The van der Waals surface area contributed by atoms with Gasteiger partial charge in [-0.25, -0.2) is 9.97 Å². The minimum atomic E-state index is 0.157. The summed E-state index contributed by atoms with van der Waals surface area (Å²) in [5, 5.41) is 7.94. The second-order valence-corrected chi connectivity index (χ2v) is 7.04. The van der Waals surface area contributed by atoms with E-state index in [4.69, 9.17) is 0 Å². The monoisotopic (exact) mass is 353 g/mol. The molecular formula is C19H23N5S. The Hall–Kier alpha value is -2.31. The van der Waals surface area contributed by atoms with Crippen LogP contribution in [0.15, 0.2) is 47.5 Å². The molecule has 0 aromatic carbocycles. The third kappa shape index (κ3) is 4.61. The zero-order valence-corrected chi connectivity index (χ0v) is 15.6. The van der Waals surface area contributed by atoms with Gasteiger partial charge in [0.1, 0.15) is 0 Å². The average Bonchev–Trinajstić information content (AvgIpc) is 3.13. The Morgan fingerprint density at radius 2 is 1.92 bits per heavy atom. The Labute approximate surface area is 152 Å². The van der Waals surface area contributed by atoms with Crippen molar-refractivity contribution in [2.75, 3.05) is 19.0 Å². The molecule has 3 rings (SSSR count). The van der Waals surface area contributed by atoms with E-state index < -0.39 is 0 Å². The molecule has 0 saturated heterocycles. The van der Waals surface area contributed by atoms with E-state index in [1.54, 1.807) is 11.3 Å². The van der Waals surface area contributed by atoms with Crippen molar-refractivity contribution in [1.29, 1.82) is 0 Å². The first-order valence-electron chi connectivity index (χ1n) is 8.27. The topological polar surface area (TPSA) is 53.9 Å². The molecule has 0 radical (unpaired) electrons. The standard InChI is InChI=1S/C19H23N5S/c1-14-5-4-7-20-18(14)17(9-15-6-8-25-13-15)21-10-16-11-22-19(23-12-16)24(2)3/h4-8,11-13,17,21H,9-10H2,1-3H3/t17-/m1/s1. The third-order valence-electron chi connectivity index (χ3n) is 4.04. The van der Waals surface area contributed by atoms with Crippen LogP contribution in [0.3, 0.4) is 0 Å². The highest BCUT2D eigenvalue weighted by atomic mass is 32.1. The molecule has 3 aromatic heterocycles. The van der Waals surface area contributed by atoms with Crippen LogP contribution >= 0.6 is 11.3 Å². The highest BCUT2D eigenvalue weighted by Gasteiger charge is 2.16. The maximum atomic E-state index is 4.61. The van der Waals surface area contributed by atoms with Crippen LogP contribution in [0.2, 0.25) is 0 Å². The van der Waals surface area contributed by atoms with Crippen LogP contribution in [-0.4, -0.2) is 29.0 Å². The summed E-state index contributed by atoms with van der Waals surface area (Å²) in [6.45, 7) is 2.82. The highest BCUT2D eigenvalue weighted by Crippen LogP contribution is 2.21. The van der Waals surface area contributed by atoms with Crippen LogP contribution in [0.25, 0.3) is 0 Å². The van der Waals surface area contributed by atoms with E-state index in [0.29, 0.717) is 6.54 Å². The molecule has 0 spiro atoms. The van der Waals surface area contributed by atoms with Gasteiger partial charge in [0.2, 0.25) is 5.95 Å². The predicted molar refractivity (Wildman–Crippen MR) is 103 cm³/mol. The molecule has 6 heteroatoms. The summed E-state index contributed by atoms with van der Waals surface area (Å²) in [6.07, 6.45) is 6.53. The van der Waals surface area contributed by atoms with Gasteiger partial charge in [0, 0.05) is 44.8 Å². The molecule has 0 unspecified atom stereocenters. The van der Waals surface area contributed by atoms with E-state index in [2.05, 4.69) is 50.1 Å². The molecule has 130 valence electrons. The lowest BCUT2D eigenvalue weighted by Crippen LogP contribution is -2.25. The van der Waals surface area contributed by atoms with Gasteiger partial charge in [0.25, 0.3) is 0 Å². The molecule has 3 aromatic rings. The van der Waals surface area contributed by atoms with E-state index in [9.17, 15) is 0 Å². The summed E-state index contributed by atoms with van der Waals surface area (Å²) in [5.41, 5.74) is 4.69. The fraction of sp³-hybridized carbons (Fsp3) is 0.316. The summed E-state index contributed by atoms with van der Waals surface area (Å²) in [4.78, 5) is 15.3. The van der Waals surface area contributed by atoms with Crippen LogP contribution in [0.5, 0.6) is 0 Å². The van der Waals surface area contributed by atoms with E-state index in [-0.39, 0.29) is 6.04 Å². The zero-order valence-electron chi connectivity index (χ0n) is 14.8. The summed E-state index contributed by atoms with van der Waals surface area (Å²) >= 11 is 1.73. The van der Waals surface area contributed by atoms with Crippen LogP contribution < -0.4 is 10.2 Å². The summed E-state index contributed by atoms with van der Waals surface area (Å²) in [7, 11) is 3.88. The molecule has 0 bridgehead atoms. The number of aryl methyl sites for hydroxylation is 1. The number of thiophene rings is 1. The first-order chi connectivity index (χ1) is 12.1. The van der Waals surface area contributed by atoms with Gasteiger partial charge in [-0.05, 0) is 47.4 Å². The lowest BCUT2D eigenvalue weighted by atomic mass is 10.0. The Morgan fingerprint density at radius 3 is 2.56 bits per heavy atom. The maximum absolute atomic E-state index is 4.61. The lowest BCUT2D eigenvalue weighted by molar-refractivity contribution is 0.515. The Bertz CT molecular complexity index is 784. The number of aromatic nitrogens is 3. The van der Waals surface area contributed by atoms with Gasteiger partial charge in [-0.2, -0.15) is 11.3 Å². The number of pyridine rings is 1. The van der Waals surface area contributed by atoms with Gasteiger partial charge in [-0.1, -0.05) is 6.07 Å². The maximum Gasteiger partial charge on any atom is 0.224 e. The van der Waals surface area contributed by atoms with E-state index in [1.807, 2.05) is 43.7 Å². The third-order valence-corrected chi connectivity index (χ3v) is 4.78. The fourth-order valence-corrected chi connectivity index (χ4v) is 3.37. The molecule has 0 aliphatic rings. The van der Waals surface area contributed by atoms with Crippen LogP contribution in [0.1, 0.15) is 28.4 Å². The molecule has 1 atom stereocenters. The molecule has 3 heterocycles. The zero-order chi connectivity index (χ0) is 17.6. The average molecular weight is 353 g/mol. The van der Waals surface area contributed by atoms with Crippen molar-refractivity contribution < 1.29 is 0 Å². The number of hydrogen-bond donors (Lipinski definition) is 1. The molecule has 0 aliphatic carbocycles. The van der Waals surface area contributed by atoms with Crippen molar-refractivity contribution in [3.63, 3.8) is 0 Å². The first kappa shape index (κ1) is 17.5. The van der Waals surface area contributed by atoms with Crippen molar-refractivity contribution in [1.82, 2.24) is 20.3 Å². The van der Waals surface area contributed by atoms with Gasteiger partial charge >= 0.3 is 0 Å². The van der Waals surface area contributed by atoms with Gasteiger partial charge in [-0.3, -0.25) is 4.98 Å². The summed E-state index contributed by atoms with van der Waals surface area (Å²) in [5.74, 6) is 0.721. The predicted octanol–water partition coefficient (Wildman–Crippen LogP) is 3.38. The molecule has 1 N–H and O–H groups in total. The van der Waals surface area contributed by atoms with Crippen molar-refractivity contribution in [2.24, 2.45) is 0 Å². The van der Waals surface area contributed by atoms with E-state index >= 15 is 0 Å². The SMILES string of the molecule is Cc1cccnc1[C@@H](Cc1ccsc1)NCc1cnc(N(C)C)nc1. The Kier molecular flexibility index (Phi) is 5.73. The Balaban J connectivity index is 1.74. The van der Waals surface area contributed by atoms with Crippen LogP contribution in [-0.2, 0) is 13.0 Å². The number of hydrogen-bond acceptors (Lipinski definition) is 6. The fourth-order valence-electron chi connectivity index (χ4n) is 2.68. The van der Waals surface area contributed by atoms with Gasteiger partial charge in [-0.15, -0.1) is 0 Å². The largest absolute Gasteiger partial charge is 0.347 e. The van der Waals surface area contributed by atoms with Gasteiger partial charge in [0.15, 0.2) is 0 Å². The second kappa shape index (κ2) is 8.18. The lowest BCUT2D eigenvalue weighted by Gasteiger charge is -2.20. The van der Waals surface area contributed by atoms with Crippen molar-refractivity contribution in [3.05, 3.63) is 69.9 Å². The van der Waals surface area contributed by atoms with Crippen LogP contribution in [0.4, 0.5) is 5.95 Å². The smallest absolute Gasteiger partial charge is 0.224 e. The minimum Gasteiger partial charge on any atom is -0.347 e. The second-order valence-electron chi connectivity index (χ2n) is 6.26. The number of nitrogens with one attached hydrogen (secondary N) is 1. The quantitative estimate of drug-likeness (QED) is 0.706. The normalized spacial score (nSPS) is 12.1. The highest BCUT2D eigenvalue weighted by molar-refractivity contribution is 7.07. The first-order valence-corrected chi connectivity index (χ1v) is 9.22. The van der Waals surface area contributed by atoms with E-state index in [0.717, 1.165) is 23.6 Å². The molecule has 25 heavy (non-hydrogen) atoms. The van der Waals surface area contributed by atoms with Gasteiger partial charge in [0.05, 0.1) is 11.7 Å². The van der Waals surface area contributed by atoms with Gasteiger partial charge < -0.3 is 10.2 Å². The van der Waals surface area contributed by atoms with E-state index in [1.165, 1.54) is 11.1 Å². The molecule has 5 nitrogen and oxygen atoms in total. The number of anilines is 1. The Morgan fingerprint density at radius 1 is 1.12 bits per heavy atom. The van der Waals surface area contributed by atoms with Crippen molar-refractivity contribution in [3.8, 4) is 0 Å².